The van der Waals surface area contributed by atoms with Gasteiger partial charge in [0.25, 0.3) is 11.8 Å². The van der Waals surface area contributed by atoms with Gasteiger partial charge in [-0.25, -0.2) is 0 Å². The number of amides is 2. The van der Waals surface area contributed by atoms with Crippen molar-refractivity contribution in [3.05, 3.63) is 12.2 Å². The molecule has 0 aliphatic carbocycles. The summed E-state index contributed by atoms with van der Waals surface area (Å²) in [7, 11) is 0. The quantitative estimate of drug-likeness (QED) is 0.413. The van der Waals surface area contributed by atoms with E-state index in [9.17, 15) is 14.4 Å². The first-order valence-electron chi connectivity index (χ1n) is 6.07. The number of nitrogens with zero attached hydrogens (tertiary/aromatic N) is 1. The molecule has 0 aromatic rings. The van der Waals surface area contributed by atoms with Crippen molar-refractivity contribution in [2.24, 2.45) is 0 Å². The first kappa shape index (κ1) is 15.3. The van der Waals surface area contributed by atoms with E-state index in [1.165, 1.54) is 12.2 Å². The molecule has 1 rings (SSSR count). The van der Waals surface area contributed by atoms with Gasteiger partial charge in [0.15, 0.2) is 5.78 Å². The lowest BCUT2D eigenvalue weighted by molar-refractivity contribution is -0.145. The summed E-state index contributed by atoms with van der Waals surface area (Å²) in [5.41, 5.74) is 0. The van der Waals surface area contributed by atoms with Gasteiger partial charge in [-0.1, -0.05) is 42.4 Å². The van der Waals surface area contributed by atoms with Crippen LogP contribution in [-0.2, 0) is 14.4 Å². The molecular weight excluding hydrogens is 345 g/mol. The molecule has 1 aliphatic rings. The summed E-state index contributed by atoms with van der Waals surface area (Å²) in [5.74, 6) is -0.827. The van der Waals surface area contributed by atoms with Gasteiger partial charge in [0, 0.05) is 12.2 Å². The summed E-state index contributed by atoms with van der Waals surface area (Å²) >= 11 is 2.05. The lowest BCUT2D eigenvalue weighted by Crippen LogP contribution is -2.49. The van der Waals surface area contributed by atoms with Gasteiger partial charge in [-0.2, -0.15) is 0 Å². The number of unbranched alkanes of at least 4 members (excludes halogenated alkanes) is 1. The second-order valence-corrected chi connectivity index (χ2v) is 7.57. The maximum absolute atomic E-state index is 12.4. The topological polar surface area (TPSA) is 54.5 Å². The van der Waals surface area contributed by atoms with Gasteiger partial charge in [0.05, 0.1) is 3.42 Å². The van der Waals surface area contributed by atoms with Gasteiger partial charge < -0.3 is 0 Å². The van der Waals surface area contributed by atoms with Crippen molar-refractivity contribution in [3.63, 3.8) is 0 Å². The van der Waals surface area contributed by atoms with E-state index in [1.807, 2.05) is 6.92 Å². The number of imide groups is 1. The Hall–Kier alpha value is -0.720. The summed E-state index contributed by atoms with van der Waals surface area (Å²) < 4.78 is -0.584. The second-order valence-electron chi connectivity index (χ2n) is 4.87. The van der Waals surface area contributed by atoms with Crippen molar-refractivity contribution in [2.75, 3.05) is 0 Å². The zero-order valence-corrected chi connectivity index (χ0v) is 13.1. The normalized spacial score (nSPS) is 17.4. The number of alkyl halides is 1. The molecule has 0 aromatic carbocycles. The SMILES string of the molecule is CCCCC(C(=O)C(C)(C)I)N1C(=O)C=CC1=O. The van der Waals surface area contributed by atoms with Crippen LogP contribution in [0, 0.1) is 0 Å². The van der Waals surface area contributed by atoms with Crippen LogP contribution in [0.1, 0.15) is 40.0 Å². The molecule has 5 heteroatoms. The number of Topliss-reactive ketones (excluding diaryl/α,β-unsaturated/α-hetero) is 1. The van der Waals surface area contributed by atoms with Gasteiger partial charge in [0.1, 0.15) is 6.04 Å². The van der Waals surface area contributed by atoms with Gasteiger partial charge >= 0.3 is 0 Å². The molecule has 0 saturated heterocycles. The number of hydrogen-bond acceptors (Lipinski definition) is 3. The number of rotatable bonds is 6. The predicted molar refractivity (Wildman–Crippen MR) is 77.4 cm³/mol. The molecular formula is C13H18INO3. The summed E-state index contributed by atoms with van der Waals surface area (Å²) in [5, 5.41) is 0. The van der Waals surface area contributed by atoms with Crippen molar-refractivity contribution >= 4 is 40.2 Å². The molecule has 0 N–H and O–H groups in total. The van der Waals surface area contributed by atoms with Crippen LogP contribution in [0.5, 0.6) is 0 Å². The number of ketones is 1. The van der Waals surface area contributed by atoms with E-state index >= 15 is 0 Å². The lowest BCUT2D eigenvalue weighted by Gasteiger charge is -2.29. The molecule has 18 heavy (non-hydrogen) atoms. The average molecular weight is 363 g/mol. The van der Waals surface area contributed by atoms with E-state index < -0.39 is 9.46 Å². The van der Waals surface area contributed by atoms with Crippen LogP contribution in [0.3, 0.4) is 0 Å². The molecule has 100 valence electrons. The molecule has 0 aromatic heterocycles. The van der Waals surface area contributed by atoms with E-state index in [-0.39, 0.29) is 17.6 Å². The van der Waals surface area contributed by atoms with Crippen molar-refractivity contribution in [3.8, 4) is 0 Å². The van der Waals surface area contributed by atoms with Crippen LogP contribution < -0.4 is 0 Å². The standard InChI is InChI=1S/C13H18INO3/c1-4-5-6-9(12(18)13(2,3)14)15-10(16)7-8-11(15)17/h7-9H,4-6H2,1-3H3. The Balaban J connectivity index is 2.95. The fraction of sp³-hybridized carbons (Fsp3) is 0.615. The number of carbonyl (C=O) groups excluding carboxylic acids is 3. The highest BCUT2D eigenvalue weighted by molar-refractivity contribution is 14.1. The van der Waals surface area contributed by atoms with E-state index in [2.05, 4.69) is 22.6 Å². The summed E-state index contributed by atoms with van der Waals surface area (Å²) in [6, 6.07) is -0.633. The highest BCUT2D eigenvalue weighted by Crippen LogP contribution is 2.26. The second kappa shape index (κ2) is 5.95. The Kier molecular flexibility index (Phi) is 5.07. The third-order valence-corrected chi connectivity index (χ3v) is 3.41. The Morgan fingerprint density at radius 3 is 2.22 bits per heavy atom. The molecule has 4 nitrogen and oxygen atoms in total. The molecule has 0 fully saturated rings. The van der Waals surface area contributed by atoms with Crippen LogP contribution in [0.2, 0.25) is 0 Å². The van der Waals surface area contributed by atoms with Crippen molar-refractivity contribution in [1.29, 1.82) is 0 Å². The minimum atomic E-state index is -0.633. The number of hydrogen-bond donors (Lipinski definition) is 0. The van der Waals surface area contributed by atoms with E-state index in [0.29, 0.717) is 6.42 Å². The Labute approximate surface area is 121 Å². The van der Waals surface area contributed by atoms with E-state index in [4.69, 9.17) is 0 Å². The zero-order valence-electron chi connectivity index (χ0n) is 10.9. The maximum atomic E-state index is 12.4. The smallest absolute Gasteiger partial charge is 0.254 e. The van der Waals surface area contributed by atoms with Crippen molar-refractivity contribution in [2.45, 2.75) is 49.5 Å². The van der Waals surface area contributed by atoms with Crippen LogP contribution in [0.15, 0.2) is 12.2 Å². The lowest BCUT2D eigenvalue weighted by atomic mass is 9.96. The molecule has 1 heterocycles. The third-order valence-electron chi connectivity index (χ3n) is 2.87. The Morgan fingerprint density at radius 2 is 1.83 bits per heavy atom. The Morgan fingerprint density at radius 1 is 1.33 bits per heavy atom. The van der Waals surface area contributed by atoms with Crippen LogP contribution >= 0.6 is 22.6 Å². The van der Waals surface area contributed by atoms with E-state index in [1.54, 1.807) is 13.8 Å². The highest BCUT2D eigenvalue weighted by Gasteiger charge is 2.40. The van der Waals surface area contributed by atoms with Gasteiger partial charge in [0.2, 0.25) is 0 Å². The maximum Gasteiger partial charge on any atom is 0.254 e. The first-order chi connectivity index (χ1) is 8.29. The molecule has 0 radical (unpaired) electrons. The van der Waals surface area contributed by atoms with Crippen molar-refractivity contribution in [1.82, 2.24) is 4.90 Å². The highest BCUT2D eigenvalue weighted by atomic mass is 127. The summed E-state index contributed by atoms with van der Waals surface area (Å²) in [6.45, 7) is 5.61. The zero-order chi connectivity index (χ0) is 13.9. The first-order valence-corrected chi connectivity index (χ1v) is 7.15. The fourth-order valence-electron chi connectivity index (χ4n) is 1.89. The fourth-order valence-corrected chi connectivity index (χ4v) is 2.25. The molecule has 0 saturated carbocycles. The molecule has 1 unspecified atom stereocenters. The molecule has 1 atom stereocenters. The summed E-state index contributed by atoms with van der Waals surface area (Å²) in [6.07, 6.45) is 4.75. The van der Waals surface area contributed by atoms with E-state index in [0.717, 1.165) is 17.7 Å². The summed E-state index contributed by atoms with van der Waals surface area (Å²) in [4.78, 5) is 36.8. The van der Waals surface area contributed by atoms with Gasteiger partial charge in [-0.05, 0) is 20.3 Å². The van der Waals surface area contributed by atoms with Crippen molar-refractivity contribution < 1.29 is 14.4 Å². The minimum Gasteiger partial charge on any atom is -0.296 e. The van der Waals surface area contributed by atoms with Crippen LogP contribution in [0.25, 0.3) is 0 Å². The largest absolute Gasteiger partial charge is 0.296 e. The molecule has 1 aliphatic heterocycles. The monoisotopic (exact) mass is 363 g/mol. The van der Waals surface area contributed by atoms with Gasteiger partial charge in [-0.15, -0.1) is 0 Å². The van der Waals surface area contributed by atoms with Gasteiger partial charge in [-0.3, -0.25) is 19.3 Å². The predicted octanol–water partition coefficient (Wildman–Crippen LogP) is 2.25. The van der Waals surface area contributed by atoms with Crippen LogP contribution in [-0.4, -0.2) is 32.0 Å². The minimum absolute atomic E-state index is 0.0676. The Bertz CT molecular complexity index is 378. The third kappa shape index (κ3) is 3.40. The molecule has 0 bridgehead atoms. The molecule has 2 amide bonds. The molecule has 0 spiro atoms. The van der Waals surface area contributed by atoms with Crippen LogP contribution in [0.4, 0.5) is 0 Å². The number of carbonyl (C=O) groups is 3. The average Bonchev–Trinajstić information content (AvgIpc) is 2.59. The number of halogens is 1.